The van der Waals surface area contributed by atoms with Crippen LogP contribution in [0, 0.1) is 20.8 Å². The van der Waals surface area contributed by atoms with Gasteiger partial charge in [0.05, 0.1) is 0 Å². The largest absolute Gasteiger partial charge is 0.398 e. The highest BCUT2D eigenvalue weighted by atomic mass is 14.6. The number of anilines is 1. The van der Waals surface area contributed by atoms with Crippen LogP contribution < -0.4 is 11.9 Å². The molecular weight excluding hydrogens is 184 g/mol. The molecule has 0 heterocycles. The lowest BCUT2D eigenvalue weighted by Gasteiger charge is -2.13. The molecule has 0 spiro atoms. The van der Waals surface area contributed by atoms with Crippen LogP contribution in [0.5, 0.6) is 0 Å². The number of hydrogen-bond acceptors (Lipinski definition) is 1. The first kappa shape index (κ1) is 11.5. The molecule has 2 rings (SSSR count). The topological polar surface area (TPSA) is 62.5 Å². The van der Waals surface area contributed by atoms with Gasteiger partial charge in [-0.2, -0.15) is 0 Å². The number of rotatable bonds is 0. The third-order valence-electron chi connectivity index (χ3n) is 3.15. The zero-order valence-electron chi connectivity index (χ0n) is 9.89. The van der Waals surface area contributed by atoms with Gasteiger partial charge in [0, 0.05) is 11.1 Å². The molecule has 0 unspecified atom stereocenters. The lowest BCUT2D eigenvalue weighted by molar-refractivity contribution is 1.30. The van der Waals surface area contributed by atoms with Crippen molar-refractivity contribution in [2.24, 2.45) is 0 Å². The maximum Gasteiger partial charge on any atom is 0.0426 e. The van der Waals surface area contributed by atoms with Crippen molar-refractivity contribution in [3.05, 3.63) is 41.0 Å². The SMILES string of the molecule is Cc1c(C)c(N)c2ccccc2c1C.[NH4+]. The molecule has 2 heteroatoms. The summed E-state index contributed by atoms with van der Waals surface area (Å²) < 4.78 is 0. The van der Waals surface area contributed by atoms with Crippen molar-refractivity contribution < 1.29 is 0 Å². The van der Waals surface area contributed by atoms with E-state index in [-0.39, 0.29) is 6.15 Å². The predicted molar refractivity (Wildman–Crippen MR) is 68.6 cm³/mol. The Morgan fingerprint density at radius 3 is 1.93 bits per heavy atom. The van der Waals surface area contributed by atoms with Gasteiger partial charge in [0.1, 0.15) is 0 Å². The summed E-state index contributed by atoms with van der Waals surface area (Å²) in [5.74, 6) is 0. The highest BCUT2D eigenvalue weighted by Gasteiger charge is 2.07. The summed E-state index contributed by atoms with van der Waals surface area (Å²) in [6.45, 7) is 6.38. The zero-order chi connectivity index (χ0) is 10.3. The molecular formula is C13H19N2+. The second-order valence-corrected chi connectivity index (χ2v) is 3.83. The van der Waals surface area contributed by atoms with Crippen molar-refractivity contribution in [2.45, 2.75) is 20.8 Å². The van der Waals surface area contributed by atoms with E-state index in [1.54, 1.807) is 0 Å². The molecule has 0 aromatic heterocycles. The van der Waals surface area contributed by atoms with Gasteiger partial charge in [-0.3, -0.25) is 0 Å². The third-order valence-corrected chi connectivity index (χ3v) is 3.15. The van der Waals surface area contributed by atoms with E-state index in [1.807, 2.05) is 6.07 Å². The van der Waals surface area contributed by atoms with E-state index in [0.29, 0.717) is 0 Å². The molecule has 0 amide bonds. The minimum absolute atomic E-state index is 0. The van der Waals surface area contributed by atoms with Crippen molar-refractivity contribution >= 4 is 16.5 Å². The lowest BCUT2D eigenvalue weighted by atomic mass is 9.95. The number of nitrogens with two attached hydrogens (primary N) is 1. The fourth-order valence-electron chi connectivity index (χ4n) is 1.93. The van der Waals surface area contributed by atoms with Gasteiger partial charge < -0.3 is 11.9 Å². The quantitative estimate of drug-likeness (QED) is 0.630. The maximum atomic E-state index is 6.09. The van der Waals surface area contributed by atoms with Gasteiger partial charge in [-0.05, 0) is 42.8 Å². The zero-order valence-corrected chi connectivity index (χ0v) is 9.89. The highest BCUT2D eigenvalue weighted by Crippen LogP contribution is 2.30. The van der Waals surface area contributed by atoms with Crippen molar-refractivity contribution in [1.82, 2.24) is 6.15 Å². The number of nitrogen functional groups attached to an aromatic ring is 1. The first-order valence-electron chi connectivity index (χ1n) is 4.87. The summed E-state index contributed by atoms with van der Waals surface area (Å²) in [7, 11) is 0. The minimum atomic E-state index is 0. The summed E-state index contributed by atoms with van der Waals surface area (Å²) in [5.41, 5.74) is 10.9. The molecule has 0 atom stereocenters. The van der Waals surface area contributed by atoms with Crippen LogP contribution in [0.4, 0.5) is 5.69 Å². The van der Waals surface area contributed by atoms with Crippen LogP contribution in [0.3, 0.4) is 0 Å². The van der Waals surface area contributed by atoms with E-state index >= 15 is 0 Å². The summed E-state index contributed by atoms with van der Waals surface area (Å²) in [6.07, 6.45) is 0. The number of fused-ring (bicyclic) bond motifs is 1. The van der Waals surface area contributed by atoms with Crippen LogP contribution in [-0.2, 0) is 0 Å². The molecule has 0 aliphatic rings. The van der Waals surface area contributed by atoms with E-state index in [2.05, 4.69) is 39.0 Å². The van der Waals surface area contributed by atoms with Crippen LogP contribution in [0.1, 0.15) is 16.7 Å². The fraction of sp³-hybridized carbons (Fsp3) is 0.231. The molecule has 2 nitrogen and oxygen atoms in total. The number of quaternary nitrogens is 1. The molecule has 2 aromatic carbocycles. The predicted octanol–water partition coefficient (Wildman–Crippen LogP) is 3.72. The average molecular weight is 203 g/mol. The number of hydrogen-bond donors (Lipinski definition) is 2. The van der Waals surface area contributed by atoms with Crippen LogP contribution in [0.25, 0.3) is 10.8 Å². The van der Waals surface area contributed by atoms with E-state index in [1.165, 1.54) is 27.5 Å². The highest BCUT2D eigenvalue weighted by molar-refractivity contribution is 5.97. The van der Waals surface area contributed by atoms with Gasteiger partial charge in [-0.15, -0.1) is 0 Å². The van der Waals surface area contributed by atoms with Crippen molar-refractivity contribution in [3.8, 4) is 0 Å². The monoisotopic (exact) mass is 203 g/mol. The molecule has 0 fully saturated rings. The van der Waals surface area contributed by atoms with Gasteiger partial charge in [0.25, 0.3) is 0 Å². The molecule has 15 heavy (non-hydrogen) atoms. The van der Waals surface area contributed by atoms with Crippen molar-refractivity contribution in [1.29, 1.82) is 0 Å². The van der Waals surface area contributed by atoms with Gasteiger partial charge >= 0.3 is 0 Å². The molecule has 6 N–H and O–H groups in total. The average Bonchev–Trinajstić information content (AvgIpc) is 2.23. The Hall–Kier alpha value is -1.54. The molecule has 2 aromatic rings. The Bertz CT molecular complexity index is 455. The smallest absolute Gasteiger partial charge is 0.0426 e. The normalized spacial score (nSPS) is 10.1. The van der Waals surface area contributed by atoms with Crippen LogP contribution in [0.2, 0.25) is 0 Å². The van der Waals surface area contributed by atoms with Gasteiger partial charge in [0.15, 0.2) is 0 Å². The van der Waals surface area contributed by atoms with E-state index in [9.17, 15) is 0 Å². The van der Waals surface area contributed by atoms with E-state index < -0.39 is 0 Å². The number of benzene rings is 2. The van der Waals surface area contributed by atoms with Gasteiger partial charge in [-0.25, -0.2) is 0 Å². The first-order valence-corrected chi connectivity index (χ1v) is 4.87. The minimum Gasteiger partial charge on any atom is -0.398 e. The molecule has 0 saturated carbocycles. The Kier molecular flexibility index (Phi) is 3.01. The molecule has 0 aliphatic carbocycles. The number of aryl methyl sites for hydroxylation is 1. The second-order valence-electron chi connectivity index (χ2n) is 3.83. The van der Waals surface area contributed by atoms with E-state index in [4.69, 9.17) is 5.73 Å². The van der Waals surface area contributed by atoms with Crippen LogP contribution in [0.15, 0.2) is 24.3 Å². The van der Waals surface area contributed by atoms with Crippen molar-refractivity contribution in [2.75, 3.05) is 5.73 Å². The first-order chi connectivity index (χ1) is 6.63. The Labute approximate surface area is 90.7 Å². The molecule has 0 saturated heterocycles. The van der Waals surface area contributed by atoms with Gasteiger partial charge in [0.2, 0.25) is 0 Å². The molecule has 0 bridgehead atoms. The summed E-state index contributed by atoms with van der Waals surface area (Å²) in [6, 6.07) is 8.31. The Morgan fingerprint density at radius 1 is 0.800 bits per heavy atom. The standard InChI is InChI=1S/C13H15N.H3N/c1-8-9(2)11-6-4-5-7-12(11)13(14)10(8)3;/h4-7H,14H2,1-3H3;1H3/p+1. The maximum absolute atomic E-state index is 6.09. The molecule has 80 valence electrons. The molecule has 0 aliphatic heterocycles. The second kappa shape index (κ2) is 3.91. The van der Waals surface area contributed by atoms with E-state index in [0.717, 1.165) is 5.69 Å². The fourth-order valence-corrected chi connectivity index (χ4v) is 1.93. The Balaban J connectivity index is 0.00000112. The Morgan fingerprint density at radius 2 is 1.33 bits per heavy atom. The summed E-state index contributed by atoms with van der Waals surface area (Å²) in [4.78, 5) is 0. The molecule has 0 radical (unpaired) electrons. The third kappa shape index (κ3) is 1.57. The summed E-state index contributed by atoms with van der Waals surface area (Å²) in [5, 5.41) is 2.45. The van der Waals surface area contributed by atoms with Crippen LogP contribution in [-0.4, -0.2) is 0 Å². The van der Waals surface area contributed by atoms with Gasteiger partial charge in [-0.1, -0.05) is 24.3 Å². The van der Waals surface area contributed by atoms with Crippen LogP contribution >= 0.6 is 0 Å². The lowest BCUT2D eigenvalue weighted by Crippen LogP contribution is -1.97. The van der Waals surface area contributed by atoms with Crippen molar-refractivity contribution in [3.63, 3.8) is 0 Å². The summed E-state index contributed by atoms with van der Waals surface area (Å²) >= 11 is 0.